The van der Waals surface area contributed by atoms with Gasteiger partial charge in [-0.05, 0) is 25.1 Å². The summed E-state index contributed by atoms with van der Waals surface area (Å²) in [6.45, 7) is 5.92. The molecule has 2 nitrogen and oxygen atoms in total. The molecular weight excluding hydrogens is 132 g/mol. The average Bonchev–Trinajstić information content (AvgIpc) is 1.62. The van der Waals surface area contributed by atoms with Crippen molar-refractivity contribution in [2.24, 2.45) is 5.92 Å². The van der Waals surface area contributed by atoms with E-state index in [2.05, 4.69) is 0 Å². The fourth-order valence-corrected chi connectivity index (χ4v) is 2.75. The summed E-state index contributed by atoms with van der Waals surface area (Å²) in [4.78, 5) is 9.35. The summed E-state index contributed by atoms with van der Waals surface area (Å²) in [5, 5.41) is 8.61. The van der Waals surface area contributed by atoms with Gasteiger partial charge in [0.05, 0.1) is 0 Å². The molecule has 0 fully saturated rings. The molecular formula is C6H16O2Si. The van der Waals surface area contributed by atoms with Crippen LogP contribution in [0.3, 0.4) is 0 Å². The predicted molar refractivity (Wildman–Crippen MR) is 40.8 cm³/mol. The Labute approximate surface area is 57.7 Å². The number of hydrogen-bond acceptors (Lipinski definition) is 2. The first kappa shape index (κ1) is 9.14. The van der Waals surface area contributed by atoms with Crippen molar-refractivity contribution in [2.45, 2.75) is 26.1 Å². The molecule has 0 aromatic rings. The van der Waals surface area contributed by atoms with Crippen molar-refractivity contribution in [1.82, 2.24) is 0 Å². The Kier molecular flexibility index (Phi) is 3.39. The van der Waals surface area contributed by atoms with Crippen LogP contribution in [0, 0.1) is 5.92 Å². The summed E-state index contributed by atoms with van der Waals surface area (Å²) < 4.78 is 0. The minimum Gasteiger partial charge on any atom is -0.432 e. The summed E-state index contributed by atoms with van der Waals surface area (Å²) in [6, 6.07) is 0.795. The molecule has 0 bridgehead atoms. The van der Waals surface area contributed by atoms with Crippen molar-refractivity contribution in [2.75, 3.05) is 6.61 Å². The topological polar surface area (TPSA) is 40.5 Å². The Morgan fingerprint density at radius 1 is 1.44 bits per heavy atom. The van der Waals surface area contributed by atoms with Gasteiger partial charge in [-0.15, -0.1) is 0 Å². The number of hydrogen-bond donors (Lipinski definition) is 2. The molecule has 2 N–H and O–H groups in total. The van der Waals surface area contributed by atoms with Crippen LogP contribution in [0.5, 0.6) is 0 Å². The third-order valence-corrected chi connectivity index (χ3v) is 2.86. The summed E-state index contributed by atoms with van der Waals surface area (Å²) in [5.41, 5.74) is 0. The summed E-state index contributed by atoms with van der Waals surface area (Å²) in [7, 11) is -1.90. The highest BCUT2D eigenvalue weighted by Crippen LogP contribution is 2.12. The minimum atomic E-state index is -1.90. The van der Waals surface area contributed by atoms with Crippen molar-refractivity contribution in [3.63, 3.8) is 0 Å². The normalized spacial score (nSPS) is 15.7. The van der Waals surface area contributed by atoms with E-state index in [0.29, 0.717) is 0 Å². The number of rotatable bonds is 3. The molecule has 0 saturated heterocycles. The van der Waals surface area contributed by atoms with Crippen LogP contribution in [-0.4, -0.2) is 24.8 Å². The molecule has 0 heterocycles. The van der Waals surface area contributed by atoms with Gasteiger partial charge in [-0.3, -0.25) is 0 Å². The van der Waals surface area contributed by atoms with Gasteiger partial charge in [0.15, 0.2) is 8.32 Å². The molecule has 0 spiro atoms. The van der Waals surface area contributed by atoms with Crippen LogP contribution in [0.1, 0.15) is 6.92 Å². The third-order valence-electron chi connectivity index (χ3n) is 1.16. The molecule has 0 aliphatic carbocycles. The van der Waals surface area contributed by atoms with Crippen LogP contribution >= 0.6 is 0 Å². The van der Waals surface area contributed by atoms with E-state index in [9.17, 15) is 4.80 Å². The lowest BCUT2D eigenvalue weighted by atomic mass is 10.2. The van der Waals surface area contributed by atoms with Gasteiger partial charge < -0.3 is 9.90 Å². The summed E-state index contributed by atoms with van der Waals surface area (Å²) in [6.07, 6.45) is 0. The van der Waals surface area contributed by atoms with Gasteiger partial charge >= 0.3 is 0 Å². The smallest absolute Gasteiger partial charge is 0.182 e. The molecule has 0 aromatic heterocycles. The highest BCUT2D eigenvalue weighted by atomic mass is 28.4. The molecule has 0 amide bonds. The third kappa shape index (κ3) is 6.02. The highest BCUT2D eigenvalue weighted by Gasteiger charge is 2.19. The molecule has 0 aliphatic rings. The summed E-state index contributed by atoms with van der Waals surface area (Å²) >= 11 is 0. The minimum absolute atomic E-state index is 0.191. The van der Waals surface area contributed by atoms with E-state index < -0.39 is 8.32 Å². The van der Waals surface area contributed by atoms with E-state index in [-0.39, 0.29) is 12.5 Å². The maximum atomic E-state index is 9.35. The molecule has 9 heavy (non-hydrogen) atoms. The Balaban J connectivity index is 3.47. The quantitative estimate of drug-likeness (QED) is 0.582. The fraction of sp³-hybridized carbons (Fsp3) is 1.00. The van der Waals surface area contributed by atoms with Gasteiger partial charge in [0, 0.05) is 6.61 Å². The van der Waals surface area contributed by atoms with E-state index in [1.54, 1.807) is 0 Å². The van der Waals surface area contributed by atoms with Gasteiger partial charge in [0.2, 0.25) is 0 Å². The standard InChI is InChI=1S/C6H16O2Si/c1-6(4-7)5-9(2,3)8/h6-8H,4-5H2,1-3H3. The largest absolute Gasteiger partial charge is 0.432 e. The Morgan fingerprint density at radius 2 is 1.89 bits per heavy atom. The SMILES string of the molecule is CC(CO)C[Si](C)(C)O. The van der Waals surface area contributed by atoms with Crippen molar-refractivity contribution < 1.29 is 9.90 Å². The Hall–Kier alpha value is 0.137. The van der Waals surface area contributed by atoms with Crippen molar-refractivity contribution in [3.05, 3.63) is 0 Å². The second kappa shape index (κ2) is 3.34. The maximum Gasteiger partial charge on any atom is 0.182 e. The van der Waals surface area contributed by atoms with E-state index in [4.69, 9.17) is 5.11 Å². The molecule has 1 unspecified atom stereocenters. The van der Waals surface area contributed by atoms with Gasteiger partial charge in [-0.25, -0.2) is 0 Å². The molecule has 0 rings (SSSR count). The van der Waals surface area contributed by atoms with Gasteiger partial charge in [-0.1, -0.05) is 6.92 Å². The lowest BCUT2D eigenvalue weighted by Gasteiger charge is -2.17. The molecule has 3 heteroatoms. The van der Waals surface area contributed by atoms with Crippen LogP contribution < -0.4 is 0 Å². The van der Waals surface area contributed by atoms with E-state index >= 15 is 0 Å². The zero-order valence-electron chi connectivity index (χ0n) is 6.39. The monoisotopic (exact) mass is 148 g/mol. The highest BCUT2D eigenvalue weighted by molar-refractivity contribution is 6.69. The number of aliphatic hydroxyl groups excluding tert-OH is 1. The van der Waals surface area contributed by atoms with Crippen LogP contribution in [0.15, 0.2) is 0 Å². The van der Waals surface area contributed by atoms with Crippen LogP contribution in [0.4, 0.5) is 0 Å². The van der Waals surface area contributed by atoms with Crippen LogP contribution in [0.25, 0.3) is 0 Å². The van der Waals surface area contributed by atoms with Gasteiger partial charge in [-0.2, -0.15) is 0 Å². The van der Waals surface area contributed by atoms with Crippen molar-refractivity contribution in [3.8, 4) is 0 Å². The molecule has 0 aliphatic heterocycles. The summed E-state index contributed by atoms with van der Waals surface area (Å²) in [5.74, 6) is 0.261. The lowest BCUT2D eigenvalue weighted by molar-refractivity contribution is 0.244. The molecule has 56 valence electrons. The Morgan fingerprint density at radius 3 is 2.00 bits per heavy atom. The molecule has 0 aromatic carbocycles. The van der Waals surface area contributed by atoms with Crippen LogP contribution in [-0.2, 0) is 0 Å². The van der Waals surface area contributed by atoms with E-state index in [1.807, 2.05) is 20.0 Å². The molecule has 0 saturated carbocycles. The Bertz CT molecular complexity index is 77.6. The first-order chi connectivity index (χ1) is 3.95. The fourth-order valence-electron chi connectivity index (χ4n) is 0.917. The number of aliphatic hydroxyl groups is 1. The van der Waals surface area contributed by atoms with Gasteiger partial charge in [0.25, 0.3) is 0 Å². The first-order valence-electron chi connectivity index (χ1n) is 3.29. The average molecular weight is 148 g/mol. The van der Waals surface area contributed by atoms with E-state index in [0.717, 1.165) is 6.04 Å². The second-order valence-electron chi connectivity index (χ2n) is 3.30. The zero-order chi connectivity index (χ0) is 7.49. The van der Waals surface area contributed by atoms with E-state index in [1.165, 1.54) is 0 Å². The first-order valence-corrected chi connectivity index (χ1v) is 6.44. The van der Waals surface area contributed by atoms with Gasteiger partial charge in [0.1, 0.15) is 0 Å². The van der Waals surface area contributed by atoms with Crippen LogP contribution in [0.2, 0.25) is 19.1 Å². The van der Waals surface area contributed by atoms with Crippen molar-refractivity contribution in [1.29, 1.82) is 0 Å². The zero-order valence-corrected chi connectivity index (χ0v) is 7.39. The molecule has 1 atom stereocenters. The lowest BCUT2D eigenvalue weighted by Crippen LogP contribution is -2.28. The maximum absolute atomic E-state index is 9.35. The van der Waals surface area contributed by atoms with Crippen molar-refractivity contribution >= 4 is 8.32 Å². The predicted octanol–water partition coefficient (Wildman–Crippen LogP) is 0.812. The molecule has 0 radical (unpaired) electrons. The second-order valence-corrected chi connectivity index (χ2v) is 7.34.